The molecular weight excluding hydrogens is 276 g/mol. The number of aromatic nitrogens is 1. The van der Waals surface area contributed by atoms with E-state index in [4.69, 9.17) is 0 Å². The normalized spacial score (nSPS) is 10.5. The standard InChI is InChI=1S/C13H10N4O4/c18-12-4-3-9(6-11(12)17(20)21)7-15-16-13(19)10-2-1-5-14-8-10/h1-8,18H,(H,16,19). The minimum Gasteiger partial charge on any atom is -0.502 e. The number of pyridine rings is 1. The monoisotopic (exact) mass is 286 g/mol. The number of hydrazone groups is 1. The number of phenols is 1. The van der Waals surface area contributed by atoms with E-state index >= 15 is 0 Å². The number of nitrogens with one attached hydrogen (secondary N) is 1. The van der Waals surface area contributed by atoms with Crippen LogP contribution in [0.2, 0.25) is 0 Å². The molecule has 8 nitrogen and oxygen atoms in total. The second kappa shape index (κ2) is 6.24. The minimum absolute atomic E-state index is 0.339. The fourth-order valence-corrected chi connectivity index (χ4v) is 1.49. The number of hydrogen-bond donors (Lipinski definition) is 2. The fraction of sp³-hybridized carbons (Fsp3) is 0. The quantitative estimate of drug-likeness (QED) is 0.501. The number of carbonyl (C=O) groups excluding carboxylic acids is 1. The van der Waals surface area contributed by atoms with E-state index in [1.165, 1.54) is 30.7 Å². The summed E-state index contributed by atoms with van der Waals surface area (Å²) in [6, 6.07) is 6.95. The molecule has 0 fully saturated rings. The predicted molar refractivity (Wildman–Crippen MR) is 74.1 cm³/mol. The summed E-state index contributed by atoms with van der Waals surface area (Å²) in [7, 11) is 0. The average molecular weight is 286 g/mol. The van der Waals surface area contributed by atoms with Gasteiger partial charge in [-0.3, -0.25) is 19.9 Å². The number of amides is 1. The number of hydrogen-bond acceptors (Lipinski definition) is 6. The molecule has 2 N–H and O–H groups in total. The van der Waals surface area contributed by atoms with Crippen molar-refractivity contribution in [3.05, 3.63) is 64.0 Å². The van der Waals surface area contributed by atoms with E-state index in [1.807, 2.05) is 0 Å². The van der Waals surface area contributed by atoms with Crippen molar-refractivity contribution in [1.29, 1.82) is 0 Å². The Morgan fingerprint density at radius 1 is 1.43 bits per heavy atom. The topological polar surface area (TPSA) is 118 Å². The Bertz CT molecular complexity index is 701. The lowest BCUT2D eigenvalue weighted by atomic mass is 10.2. The van der Waals surface area contributed by atoms with Crippen LogP contribution >= 0.6 is 0 Å². The Kier molecular flexibility index (Phi) is 4.20. The van der Waals surface area contributed by atoms with Gasteiger partial charge in [-0.05, 0) is 24.3 Å². The van der Waals surface area contributed by atoms with Gasteiger partial charge in [0.2, 0.25) is 0 Å². The van der Waals surface area contributed by atoms with E-state index in [2.05, 4.69) is 15.5 Å². The van der Waals surface area contributed by atoms with Crippen molar-refractivity contribution in [2.75, 3.05) is 0 Å². The van der Waals surface area contributed by atoms with Crippen LogP contribution in [0.1, 0.15) is 15.9 Å². The summed E-state index contributed by atoms with van der Waals surface area (Å²) in [4.78, 5) is 25.4. The van der Waals surface area contributed by atoms with Gasteiger partial charge in [0.05, 0.1) is 16.7 Å². The predicted octanol–water partition coefficient (Wildman–Crippen LogP) is 1.46. The van der Waals surface area contributed by atoms with E-state index in [0.717, 1.165) is 6.07 Å². The van der Waals surface area contributed by atoms with Gasteiger partial charge in [0, 0.05) is 24.0 Å². The highest BCUT2D eigenvalue weighted by Gasteiger charge is 2.12. The van der Waals surface area contributed by atoms with Gasteiger partial charge >= 0.3 is 5.69 Å². The molecule has 2 aromatic rings. The van der Waals surface area contributed by atoms with E-state index < -0.39 is 22.3 Å². The van der Waals surface area contributed by atoms with Gasteiger partial charge in [-0.1, -0.05) is 0 Å². The second-order valence-electron chi connectivity index (χ2n) is 3.95. The molecule has 2 rings (SSSR count). The molecule has 0 saturated heterocycles. The summed E-state index contributed by atoms with van der Waals surface area (Å²) in [5.41, 5.74) is 2.54. The maximum atomic E-state index is 11.7. The summed E-state index contributed by atoms with van der Waals surface area (Å²) < 4.78 is 0. The van der Waals surface area contributed by atoms with Crippen LogP contribution in [0.4, 0.5) is 5.69 Å². The molecule has 1 aromatic heterocycles. The van der Waals surface area contributed by atoms with Crippen LogP contribution in [0.3, 0.4) is 0 Å². The van der Waals surface area contributed by atoms with Crippen LogP contribution in [-0.4, -0.2) is 27.1 Å². The molecular formula is C13H10N4O4. The van der Waals surface area contributed by atoms with Crippen LogP contribution in [0.15, 0.2) is 47.8 Å². The van der Waals surface area contributed by atoms with Crippen molar-refractivity contribution in [2.45, 2.75) is 0 Å². The number of aromatic hydroxyl groups is 1. The maximum Gasteiger partial charge on any atom is 0.311 e. The number of rotatable bonds is 4. The van der Waals surface area contributed by atoms with Gasteiger partial charge in [-0.2, -0.15) is 5.10 Å². The molecule has 21 heavy (non-hydrogen) atoms. The van der Waals surface area contributed by atoms with Gasteiger partial charge in [-0.15, -0.1) is 0 Å². The Morgan fingerprint density at radius 3 is 2.90 bits per heavy atom. The molecule has 1 heterocycles. The molecule has 106 valence electrons. The number of carbonyl (C=O) groups is 1. The summed E-state index contributed by atoms with van der Waals surface area (Å²) in [5.74, 6) is -0.885. The van der Waals surface area contributed by atoms with Crippen molar-refractivity contribution in [3.8, 4) is 5.75 Å². The first kappa shape index (κ1) is 14.1. The second-order valence-corrected chi connectivity index (χ2v) is 3.95. The number of nitro groups is 1. The highest BCUT2D eigenvalue weighted by molar-refractivity contribution is 5.94. The van der Waals surface area contributed by atoms with Crippen LogP contribution in [0.5, 0.6) is 5.75 Å². The molecule has 1 amide bonds. The first-order chi connectivity index (χ1) is 10.1. The van der Waals surface area contributed by atoms with Crippen LogP contribution in [-0.2, 0) is 0 Å². The molecule has 0 aliphatic heterocycles. The van der Waals surface area contributed by atoms with E-state index in [-0.39, 0.29) is 0 Å². The Labute approximate surface area is 118 Å². The van der Waals surface area contributed by atoms with Gasteiger partial charge in [0.25, 0.3) is 5.91 Å². The van der Waals surface area contributed by atoms with Crippen LogP contribution in [0, 0.1) is 10.1 Å². The first-order valence-electron chi connectivity index (χ1n) is 5.79. The van der Waals surface area contributed by atoms with Crippen molar-refractivity contribution >= 4 is 17.8 Å². The third-order valence-corrected chi connectivity index (χ3v) is 2.50. The minimum atomic E-state index is -0.707. The number of nitrogens with zero attached hydrogens (tertiary/aromatic N) is 3. The lowest BCUT2D eigenvalue weighted by Crippen LogP contribution is -2.17. The summed E-state index contributed by atoms with van der Waals surface area (Å²) >= 11 is 0. The fourth-order valence-electron chi connectivity index (χ4n) is 1.49. The number of phenolic OH excluding ortho intramolecular Hbond substituents is 1. The molecule has 0 atom stereocenters. The molecule has 0 aliphatic rings. The van der Waals surface area contributed by atoms with E-state index in [1.54, 1.807) is 12.1 Å². The molecule has 0 bridgehead atoms. The molecule has 0 spiro atoms. The Balaban J connectivity index is 2.07. The maximum absolute atomic E-state index is 11.7. The Morgan fingerprint density at radius 2 is 2.24 bits per heavy atom. The highest BCUT2D eigenvalue weighted by Crippen LogP contribution is 2.25. The van der Waals surface area contributed by atoms with E-state index in [9.17, 15) is 20.0 Å². The zero-order valence-electron chi connectivity index (χ0n) is 10.6. The molecule has 0 unspecified atom stereocenters. The summed E-state index contributed by atoms with van der Waals surface area (Å²) in [5, 5.41) is 23.7. The third kappa shape index (κ3) is 3.60. The summed E-state index contributed by atoms with van der Waals surface area (Å²) in [6.45, 7) is 0. The first-order valence-corrected chi connectivity index (χ1v) is 5.79. The SMILES string of the molecule is O=C(NN=Cc1ccc(O)c([N+](=O)[O-])c1)c1cccnc1. The van der Waals surface area contributed by atoms with Gasteiger partial charge in [0.1, 0.15) is 0 Å². The molecule has 0 radical (unpaired) electrons. The molecule has 0 saturated carbocycles. The van der Waals surface area contributed by atoms with Crippen molar-refractivity contribution < 1.29 is 14.8 Å². The van der Waals surface area contributed by atoms with Crippen LogP contribution in [0.25, 0.3) is 0 Å². The zero-order chi connectivity index (χ0) is 15.2. The number of nitro benzene ring substituents is 1. The lowest BCUT2D eigenvalue weighted by molar-refractivity contribution is -0.385. The smallest absolute Gasteiger partial charge is 0.311 e. The van der Waals surface area contributed by atoms with Crippen molar-refractivity contribution in [2.24, 2.45) is 5.10 Å². The van der Waals surface area contributed by atoms with Crippen molar-refractivity contribution in [1.82, 2.24) is 10.4 Å². The lowest BCUT2D eigenvalue weighted by Gasteiger charge is -1.99. The van der Waals surface area contributed by atoms with Gasteiger partial charge in [0.15, 0.2) is 5.75 Å². The summed E-state index contributed by atoms with van der Waals surface area (Å²) in [6.07, 6.45) is 4.16. The molecule has 0 aliphatic carbocycles. The highest BCUT2D eigenvalue weighted by atomic mass is 16.6. The van der Waals surface area contributed by atoms with Gasteiger partial charge in [-0.25, -0.2) is 5.43 Å². The van der Waals surface area contributed by atoms with Crippen molar-refractivity contribution in [3.63, 3.8) is 0 Å². The zero-order valence-corrected chi connectivity index (χ0v) is 10.6. The largest absolute Gasteiger partial charge is 0.502 e. The molecule has 8 heteroatoms. The third-order valence-electron chi connectivity index (χ3n) is 2.50. The number of benzene rings is 1. The average Bonchev–Trinajstić information content (AvgIpc) is 2.49. The van der Waals surface area contributed by atoms with Gasteiger partial charge < -0.3 is 5.11 Å². The molecule has 1 aromatic carbocycles. The van der Waals surface area contributed by atoms with E-state index in [0.29, 0.717) is 11.1 Å². The van der Waals surface area contributed by atoms with Crippen LogP contribution < -0.4 is 5.43 Å². The Hall–Kier alpha value is -3.29.